The summed E-state index contributed by atoms with van der Waals surface area (Å²) in [5.41, 5.74) is 0.0237. The minimum Gasteiger partial charge on any atom is -0.476 e. The molecule has 2 aromatic rings. The molecule has 0 bridgehead atoms. The maximum absolute atomic E-state index is 10.9. The lowest BCUT2D eigenvalue weighted by Crippen LogP contribution is -2.08. The topological polar surface area (TPSA) is 80.4 Å². The van der Waals surface area contributed by atoms with E-state index in [2.05, 4.69) is 31.0 Å². The van der Waals surface area contributed by atoms with Gasteiger partial charge in [0.1, 0.15) is 5.82 Å². The summed E-state index contributed by atoms with van der Waals surface area (Å²) in [6.45, 7) is 1.67. The number of rotatable bonds is 1. The summed E-state index contributed by atoms with van der Waals surface area (Å²) in [5, 5.41) is 12.9. The highest BCUT2D eigenvalue weighted by Gasteiger charge is 2.16. The Morgan fingerprint density at radius 1 is 1.64 bits per heavy atom. The Labute approximate surface area is 86.7 Å². The predicted molar refractivity (Wildman–Crippen MR) is 50.2 cm³/mol. The summed E-state index contributed by atoms with van der Waals surface area (Å²) in [6.07, 6.45) is 1.40. The van der Waals surface area contributed by atoms with Crippen LogP contribution >= 0.6 is 15.9 Å². The number of carboxylic acids is 1. The van der Waals surface area contributed by atoms with Crippen LogP contribution in [0.3, 0.4) is 0 Å². The number of aryl methyl sites for hydroxylation is 1. The quantitative estimate of drug-likeness (QED) is 0.820. The van der Waals surface area contributed by atoms with Gasteiger partial charge in [0.25, 0.3) is 5.78 Å². The molecule has 0 saturated heterocycles. The maximum atomic E-state index is 10.9. The summed E-state index contributed by atoms with van der Waals surface area (Å²) in [7, 11) is 0. The van der Waals surface area contributed by atoms with Crippen LogP contribution in [0.1, 0.15) is 16.3 Å². The van der Waals surface area contributed by atoms with Crippen LogP contribution in [-0.2, 0) is 0 Å². The Bertz CT molecular complexity index is 522. The molecule has 72 valence electrons. The summed E-state index contributed by atoms with van der Waals surface area (Å²) >= 11 is 3.10. The average molecular weight is 257 g/mol. The van der Waals surface area contributed by atoms with E-state index in [9.17, 15) is 4.79 Å². The second kappa shape index (κ2) is 3.02. The zero-order valence-corrected chi connectivity index (χ0v) is 8.69. The van der Waals surface area contributed by atoms with Crippen LogP contribution in [0.5, 0.6) is 0 Å². The van der Waals surface area contributed by atoms with E-state index in [-0.39, 0.29) is 11.5 Å². The fourth-order valence-electron chi connectivity index (χ4n) is 1.11. The Morgan fingerprint density at radius 2 is 2.36 bits per heavy atom. The van der Waals surface area contributed by atoms with Crippen molar-refractivity contribution >= 4 is 27.7 Å². The molecular weight excluding hydrogens is 252 g/mol. The molecule has 0 aliphatic heterocycles. The lowest BCUT2D eigenvalue weighted by molar-refractivity contribution is 0.0686. The van der Waals surface area contributed by atoms with Crippen molar-refractivity contribution < 1.29 is 9.90 Å². The second-order valence-electron chi connectivity index (χ2n) is 2.63. The number of hydrogen-bond donors (Lipinski definition) is 1. The Kier molecular flexibility index (Phi) is 1.95. The minimum atomic E-state index is -1.07. The van der Waals surface area contributed by atoms with Gasteiger partial charge in [-0.1, -0.05) is 0 Å². The van der Waals surface area contributed by atoms with Gasteiger partial charge in [-0.2, -0.15) is 9.50 Å². The molecule has 2 aromatic heterocycles. The average Bonchev–Trinajstić information content (AvgIpc) is 2.43. The molecule has 0 aliphatic carbocycles. The number of carbonyl (C=O) groups is 1. The highest BCUT2D eigenvalue weighted by atomic mass is 79.9. The molecule has 0 saturated carbocycles. The zero-order chi connectivity index (χ0) is 10.3. The Morgan fingerprint density at radius 3 is 3.00 bits per heavy atom. The fourth-order valence-corrected chi connectivity index (χ4v) is 1.55. The molecule has 7 heteroatoms. The van der Waals surface area contributed by atoms with Gasteiger partial charge in [-0.3, -0.25) is 0 Å². The van der Waals surface area contributed by atoms with Crippen molar-refractivity contribution in [2.75, 3.05) is 0 Å². The van der Waals surface area contributed by atoms with Gasteiger partial charge in [0.15, 0.2) is 5.69 Å². The van der Waals surface area contributed by atoms with Crippen molar-refractivity contribution in [1.82, 2.24) is 19.6 Å². The SMILES string of the molecule is Cc1nc2ncc(Br)c(C(=O)O)n2n1. The van der Waals surface area contributed by atoms with Crippen LogP contribution < -0.4 is 0 Å². The smallest absolute Gasteiger partial charge is 0.355 e. The van der Waals surface area contributed by atoms with Crippen LogP contribution in [0.4, 0.5) is 0 Å². The molecule has 14 heavy (non-hydrogen) atoms. The first-order valence-corrected chi connectivity index (χ1v) is 4.50. The molecule has 2 rings (SSSR count). The van der Waals surface area contributed by atoms with E-state index in [1.165, 1.54) is 10.7 Å². The van der Waals surface area contributed by atoms with Crippen molar-refractivity contribution in [2.24, 2.45) is 0 Å². The summed E-state index contributed by atoms with van der Waals surface area (Å²) in [6, 6.07) is 0. The fraction of sp³-hybridized carbons (Fsp3) is 0.143. The number of halogens is 1. The van der Waals surface area contributed by atoms with Gasteiger partial charge in [-0.25, -0.2) is 9.78 Å². The first-order chi connectivity index (χ1) is 6.59. The molecule has 0 unspecified atom stereocenters. The van der Waals surface area contributed by atoms with Gasteiger partial charge in [0.05, 0.1) is 4.47 Å². The third-order valence-corrected chi connectivity index (χ3v) is 2.21. The zero-order valence-electron chi connectivity index (χ0n) is 7.10. The maximum Gasteiger partial charge on any atom is 0.355 e. The van der Waals surface area contributed by atoms with E-state index in [1.807, 2.05) is 0 Å². The van der Waals surface area contributed by atoms with Crippen molar-refractivity contribution in [1.29, 1.82) is 0 Å². The summed E-state index contributed by atoms with van der Waals surface area (Å²) < 4.78 is 1.57. The van der Waals surface area contributed by atoms with Gasteiger partial charge in [-0.05, 0) is 22.9 Å². The molecule has 0 fully saturated rings. The first-order valence-electron chi connectivity index (χ1n) is 3.71. The molecule has 0 aromatic carbocycles. The number of nitrogens with zero attached hydrogens (tertiary/aromatic N) is 4. The first kappa shape index (κ1) is 9.07. The van der Waals surface area contributed by atoms with Crippen molar-refractivity contribution in [3.8, 4) is 0 Å². The van der Waals surface area contributed by atoms with Gasteiger partial charge >= 0.3 is 5.97 Å². The number of aromatic nitrogens is 4. The van der Waals surface area contributed by atoms with E-state index in [4.69, 9.17) is 5.11 Å². The van der Waals surface area contributed by atoms with Crippen LogP contribution in [0.15, 0.2) is 10.7 Å². The highest BCUT2D eigenvalue weighted by Crippen LogP contribution is 2.15. The normalized spacial score (nSPS) is 10.7. The number of carboxylic acid groups (broad SMARTS) is 1. The van der Waals surface area contributed by atoms with E-state index in [1.54, 1.807) is 6.92 Å². The van der Waals surface area contributed by atoms with Crippen LogP contribution in [0.25, 0.3) is 5.78 Å². The van der Waals surface area contributed by atoms with Crippen molar-refractivity contribution in [2.45, 2.75) is 6.92 Å². The van der Waals surface area contributed by atoms with E-state index in [0.29, 0.717) is 10.3 Å². The number of aromatic carboxylic acids is 1. The van der Waals surface area contributed by atoms with Crippen molar-refractivity contribution in [3.05, 3.63) is 22.2 Å². The van der Waals surface area contributed by atoms with Gasteiger partial charge in [0, 0.05) is 6.20 Å². The van der Waals surface area contributed by atoms with Crippen LogP contribution in [0.2, 0.25) is 0 Å². The molecule has 1 N–H and O–H groups in total. The van der Waals surface area contributed by atoms with E-state index < -0.39 is 5.97 Å². The van der Waals surface area contributed by atoms with Crippen LogP contribution in [-0.4, -0.2) is 30.7 Å². The molecule has 0 atom stereocenters. The largest absolute Gasteiger partial charge is 0.476 e. The molecule has 0 amide bonds. The van der Waals surface area contributed by atoms with Crippen LogP contribution in [0, 0.1) is 6.92 Å². The highest BCUT2D eigenvalue weighted by molar-refractivity contribution is 9.10. The molecule has 2 heterocycles. The number of fused-ring (bicyclic) bond motifs is 1. The molecule has 6 nitrogen and oxygen atoms in total. The van der Waals surface area contributed by atoms with Crippen molar-refractivity contribution in [3.63, 3.8) is 0 Å². The Balaban J connectivity index is 2.88. The second-order valence-corrected chi connectivity index (χ2v) is 3.49. The molecule has 0 aliphatic rings. The monoisotopic (exact) mass is 256 g/mol. The minimum absolute atomic E-state index is 0.0237. The van der Waals surface area contributed by atoms with E-state index >= 15 is 0 Å². The van der Waals surface area contributed by atoms with Gasteiger partial charge in [-0.15, -0.1) is 5.10 Å². The summed E-state index contributed by atoms with van der Waals surface area (Å²) in [4.78, 5) is 18.8. The van der Waals surface area contributed by atoms with Gasteiger partial charge in [0.2, 0.25) is 0 Å². The standard InChI is InChI=1S/C7H5BrN4O2/c1-3-10-7-9-2-4(8)5(6(13)14)12(7)11-3/h2H,1H3,(H,13,14). The molecule has 0 radical (unpaired) electrons. The lowest BCUT2D eigenvalue weighted by Gasteiger charge is -1.99. The van der Waals surface area contributed by atoms with E-state index in [0.717, 1.165) is 0 Å². The summed E-state index contributed by atoms with van der Waals surface area (Å²) in [5.74, 6) is -0.310. The number of hydrogen-bond acceptors (Lipinski definition) is 4. The predicted octanol–water partition coefficient (Wildman–Crippen LogP) is 0.893. The molecular formula is C7H5BrN4O2. The third kappa shape index (κ3) is 1.25. The Hall–Kier alpha value is -1.50. The van der Waals surface area contributed by atoms with Gasteiger partial charge < -0.3 is 5.11 Å². The lowest BCUT2D eigenvalue weighted by atomic mass is 10.4. The third-order valence-electron chi connectivity index (χ3n) is 1.63. The molecule has 0 spiro atoms.